The van der Waals surface area contributed by atoms with Crippen LogP contribution in [0.1, 0.15) is 24.8 Å². The maximum absolute atomic E-state index is 6.26. The highest BCUT2D eigenvalue weighted by atomic mass is 79.9. The molecular formula is C12H14BrCl. The highest BCUT2D eigenvalue weighted by Gasteiger charge is 2.28. The van der Waals surface area contributed by atoms with Gasteiger partial charge in [-0.15, -0.1) is 11.6 Å². The second kappa shape index (κ2) is 4.67. The van der Waals surface area contributed by atoms with Crippen LogP contribution in [0.4, 0.5) is 0 Å². The van der Waals surface area contributed by atoms with Gasteiger partial charge in [0.25, 0.3) is 0 Å². The largest absolute Gasteiger partial charge is 0.123 e. The molecule has 1 unspecified atom stereocenters. The first kappa shape index (κ1) is 10.5. The minimum atomic E-state index is 0.397. The normalized spacial score (nSPS) is 18.1. The minimum Gasteiger partial charge on any atom is -0.123 e. The molecule has 0 spiro atoms. The van der Waals surface area contributed by atoms with Crippen molar-refractivity contribution in [3.8, 4) is 0 Å². The average molecular weight is 274 g/mol. The molecule has 0 bridgehead atoms. The lowest BCUT2D eigenvalue weighted by atomic mass is 10.1. The van der Waals surface area contributed by atoms with Gasteiger partial charge in [0.2, 0.25) is 0 Å². The van der Waals surface area contributed by atoms with Gasteiger partial charge in [0.1, 0.15) is 0 Å². The molecule has 0 saturated heterocycles. The van der Waals surface area contributed by atoms with Crippen LogP contribution in [0.3, 0.4) is 0 Å². The number of rotatable bonds is 4. The van der Waals surface area contributed by atoms with E-state index in [2.05, 4.69) is 40.2 Å². The molecule has 0 amide bonds. The number of halogens is 2. The van der Waals surface area contributed by atoms with Crippen LogP contribution in [0.15, 0.2) is 28.7 Å². The first-order valence-electron chi connectivity index (χ1n) is 5.14. The molecule has 1 aliphatic carbocycles. The molecule has 2 heteroatoms. The van der Waals surface area contributed by atoms with Gasteiger partial charge in [-0.3, -0.25) is 0 Å². The monoisotopic (exact) mass is 272 g/mol. The van der Waals surface area contributed by atoms with Gasteiger partial charge in [-0.25, -0.2) is 0 Å². The number of aryl methyl sites for hydroxylation is 1. The van der Waals surface area contributed by atoms with Crippen molar-refractivity contribution in [1.29, 1.82) is 0 Å². The predicted octanol–water partition coefficient (Wildman–Crippen LogP) is 4.40. The zero-order valence-electron chi connectivity index (χ0n) is 8.05. The van der Waals surface area contributed by atoms with Crippen LogP contribution in [0.25, 0.3) is 0 Å². The Morgan fingerprint density at radius 2 is 2.21 bits per heavy atom. The Hall–Kier alpha value is -0.0100. The molecule has 1 aliphatic rings. The standard InChI is InChI=1S/C12H14BrCl/c13-11-3-1-2-9(8-11)4-7-12(14)10-5-6-10/h1-3,8,10,12H,4-7H2. The van der Waals surface area contributed by atoms with Crippen LogP contribution < -0.4 is 0 Å². The zero-order valence-corrected chi connectivity index (χ0v) is 10.4. The van der Waals surface area contributed by atoms with E-state index in [0.29, 0.717) is 5.38 Å². The summed E-state index contributed by atoms with van der Waals surface area (Å²) in [4.78, 5) is 0. The van der Waals surface area contributed by atoms with E-state index in [1.807, 2.05) is 0 Å². The van der Waals surface area contributed by atoms with Crippen molar-refractivity contribution < 1.29 is 0 Å². The molecule has 0 heterocycles. The lowest BCUT2D eigenvalue weighted by Gasteiger charge is -2.07. The summed E-state index contributed by atoms with van der Waals surface area (Å²) in [5, 5.41) is 0.397. The summed E-state index contributed by atoms with van der Waals surface area (Å²) >= 11 is 9.73. The van der Waals surface area contributed by atoms with Gasteiger partial charge in [-0.2, -0.15) is 0 Å². The van der Waals surface area contributed by atoms with E-state index in [1.54, 1.807) is 0 Å². The second-order valence-corrected chi connectivity index (χ2v) is 5.50. The van der Waals surface area contributed by atoms with Gasteiger partial charge in [0.05, 0.1) is 0 Å². The van der Waals surface area contributed by atoms with Crippen molar-refractivity contribution in [1.82, 2.24) is 0 Å². The fraction of sp³-hybridized carbons (Fsp3) is 0.500. The minimum absolute atomic E-state index is 0.397. The molecule has 1 saturated carbocycles. The average Bonchev–Trinajstić information content (AvgIpc) is 2.97. The number of alkyl halides is 1. The van der Waals surface area contributed by atoms with Crippen molar-refractivity contribution in [3.63, 3.8) is 0 Å². The summed E-state index contributed by atoms with van der Waals surface area (Å²) < 4.78 is 1.16. The second-order valence-electron chi connectivity index (χ2n) is 4.02. The lowest BCUT2D eigenvalue weighted by molar-refractivity contribution is 0.676. The van der Waals surface area contributed by atoms with Crippen LogP contribution in [-0.4, -0.2) is 5.38 Å². The molecule has 0 aromatic heterocycles. The molecular weight excluding hydrogens is 259 g/mol. The Morgan fingerprint density at radius 3 is 2.86 bits per heavy atom. The molecule has 0 radical (unpaired) electrons. The van der Waals surface area contributed by atoms with Crippen molar-refractivity contribution in [3.05, 3.63) is 34.3 Å². The quantitative estimate of drug-likeness (QED) is 0.713. The van der Waals surface area contributed by atoms with Crippen molar-refractivity contribution in [2.75, 3.05) is 0 Å². The van der Waals surface area contributed by atoms with Crippen molar-refractivity contribution in [2.24, 2.45) is 5.92 Å². The Bertz CT molecular complexity index is 307. The van der Waals surface area contributed by atoms with Gasteiger partial charge >= 0.3 is 0 Å². The summed E-state index contributed by atoms with van der Waals surface area (Å²) in [6, 6.07) is 8.49. The first-order chi connectivity index (χ1) is 6.75. The van der Waals surface area contributed by atoms with Crippen LogP contribution >= 0.6 is 27.5 Å². The number of hydrogen-bond acceptors (Lipinski definition) is 0. The maximum atomic E-state index is 6.26. The van der Waals surface area contributed by atoms with Gasteiger partial charge in [0, 0.05) is 9.85 Å². The fourth-order valence-corrected chi connectivity index (χ4v) is 2.50. The summed E-state index contributed by atoms with van der Waals surface area (Å²) in [6.07, 6.45) is 4.89. The predicted molar refractivity (Wildman–Crippen MR) is 64.8 cm³/mol. The molecule has 2 rings (SSSR count). The third-order valence-corrected chi connectivity index (χ3v) is 3.80. The SMILES string of the molecule is ClC(CCc1cccc(Br)c1)C1CC1. The first-order valence-corrected chi connectivity index (χ1v) is 6.37. The Labute approximate surface area is 98.8 Å². The zero-order chi connectivity index (χ0) is 9.97. The molecule has 1 aromatic rings. The smallest absolute Gasteiger partial charge is 0.0367 e. The molecule has 1 atom stereocenters. The maximum Gasteiger partial charge on any atom is 0.0367 e. The summed E-state index contributed by atoms with van der Waals surface area (Å²) in [5.74, 6) is 0.809. The van der Waals surface area contributed by atoms with Crippen LogP contribution in [-0.2, 0) is 6.42 Å². The van der Waals surface area contributed by atoms with Crippen LogP contribution in [0, 0.1) is 5.92 Å². The fourth-order valence-electron chi connectivity index (χ4n) is 1.69. The molecule has 0 N–H and O–H groups in total. The Morgan fingerprint density at radius 1 is 1.43 bits per heavy atom. The Balaban J connectivity index is 1.84. The van der Waals surface area contributed by atoms with E-state index in [9.17, 15) is 0 Å². The van der Waals surface area contributed by atoms with Crippen LogP contribution in [0.2, 0.25) is 0 Å². The van der Waals surface area contributed by atoms with Crippen LogP contribution in [0.5, 0.6) is 0 Å². The number of benzene rings is 1. The van der Waals surface area contributed by atoms with E-state index < -0.39 is 0 Å². The van der Waals surface area contributed by atoms with E-state index >= 15 is 0 Å². The Kier molecular flexibility index (Phi) is 3.51. The molecule has 0 aliphatic heterocycles. The van der Waals surface area contributed by atoms with Gasteiger partial charge in [0.15, 0.2) is 0 Å². The lowest BCUT2D eigenvalue weighted by Crippen LogP contribution is -2.02. The summed E-state index contributed by atoms with van der Waals surface area (Å²) in [5.41, 5.74) is 1.38. The highest BCUT2D eigenvalue weighted by Crippen LogP contribution is 2.37. The third-order valence-electron chi connectivity index (χ3n) is 2.73. The number of hydrogen-bond donors (Lipinski definition) is 0. The molecule has 0 nitrogen and oxygen atoms in total. The molecule has 76 valence electrons. The van der Waals surface area contributed by atoms with Crippen molar-refractivity contribution in [2.45, 2.75) is 31.1 Å². The molecule has 1 fully saturated rings. The molecule has 1 aromatic carbocycles. The molecule has 14 heavy (non-hydrogen) atoms. The van der Waals surface area contributed by atoms with E-state index in [1.165, 1.54) is 18.4 Å². The van der Waals surface area contributed by atoms with Gasteiger partial charge < -0.3 is 0 Å². The van der Waals surface area contributed by atoms with Gasteiger partial charge in [-0.05, 0) is 49.3 Å². The van der Waals surface area contributed by atoms with E-state index in [4.69, 9.17) is 11.6 Å². The van der Waals surface area contributed by atoms with E-state index in [-0.39, 0.29) is 0 Å². The summed E-state index contributed by atoms with van der Waals surface area (Å²) in [6.45, 7) is 0. The third kappa shape index (κ3) is 2.99. The van der Waals surface area contributed by atoms with Gasteiger partial charge in [-0.1, -0.05) is 28.1 Å². The van der Waals surface area contributed by atoms with E-state index in [0.717, 1.165) is 23.2 Å². The summed E-state index contributed by atoms with van der Waals surface area (Å²) in [7, 11) is 0. The topological polar surface area (TPSA) is 0 Å². The van der Waals surface area contributed by atoms with Crippen molar-refractivity contribution >= 4 is 27.5 Å². The highest BCUT2D eigenvalue weighted by molar-refractivity contribution is 9.10.